The second kappa shape index (κ2) is 7.79. The van der Waals surface area contributed by atoms with Crippen molar-refractivity contribution in [3.8, 4) is 0 Å². The molecule has 0 saturated carbocycles. The quantitative estimate of drug-likeness (QED) is 0.258. The predicted molar refractivity (Wildman–Crippen MR) is 65.3 cm³/mol. The summed E-state index contributed by atoms with van der Waals surface area (Å²) in [4.78, 5) is 0. The lowest BCUT2D eigenvalue weighted by Gasteiger charge is -1.94. The van der Waals surface area contributed by atoms with Crippen molar-refractivity contribution in [1.29, 1.82) is 0 Å². The second-order valence-corrected chi connectivity index (χ2v) is 3.67. The first kappa shape index (κ1) is 13.4. The Morgan fingerprint density at radius 2 is 1.93 bits per heavy atom. The zero-order valence-electron chi connectivity index (χ0n) is 9.75. The third kappa shape index (κ3) is 10.3. The van der Waals surface area contributed by atoms with E-state index in [-0.39, 0.29) is 5.96 Å². The van der Waals surface area contributed by atoms with Crippen LogP contribution in [0, 0.1) is 0 Å². The molecular weight excluding hydrogens is 188 g/mol. The van der Waals surface area contributed by atoms with Crippen molar-refractivity contribution in [2.75, 3.05) is 0 Å². The van der Waals surface area contributed by atoms with E-state index in [1.165, 1.54) is 11.1 Å². The Hall–Kier alpha value is -1.58. The summed E-state index contributed by atoms with van der Waals surface area (Å²) < 4.78 is 0. The van der Waals surface area contributed by atoms with Crippen molar-refractivity contribution in [3.05, 3.63) is 23.3 Å². The lowest BCUT2D eigenvalue weighted by atomic mass is 10.1. The topological polar surface area (TPSA) is 78.4 Å². The van der Waals surface area contributed by atoms with Crippen LogP contribution in [0.2, 0.25) is 0 Å². The van der Waals surface area contributed by atoms with Crippen LogP contribution in [0.5, 0.6) is 0 Å². The monoisotopic (exact) mass is 209 g/mol. The molecule has 0 aliphatic carbocycles. The maximum absolute atomic E-state index is 5.14. The molecule has 0 atom stereocenters. The van der Waals surface area contributed by atoms with E-state index in [9.17, 15) is 0 Å². The van der Waals surface area contributed by atoms with Gasteiger partial charge in [0.05, 0.1) is 0 Å². The highest BCUT2D eigenvalue weighted by Gasteiger charge is 1.88. The molecule has 0 spiro atoms. The van der Waals surface area contributed by atoms with Gasteiger partial charge in [0.1, 0.15) is 0 Å². The van der Waals surface area contributed by atoms with E-state index < -0.39 is 0 Å². The van der Waals surface area contributed by atoms with Gasteiger partial charge in [-0.25, -0.2) is 0 Å². The third-order valence-electron chi connectivity index (χ3n) is 1.73. The van der Waals surface area contributed by atoms with Gasteiger partial charge in [-0.2, -0.15) is 0 Å². The van der Waals surface area contributed by atoms with Gasteiger partial charge in [0.2, 0.25) is 0 Å². The molecule has 0 radical (unpaired) electrons. The van der Waals surface area contributed by atoms with E-state index in [2.05, 4.69) is 37.1 Å². The Bertz CT molecular complexity index is 290. The van der Waals surface area contributed by atoms with Crippen molar-refractivity contribution in [3.63, 3.8) is 0 Å². The average molecular weight is 209 g/mol. The number of nitrogens with one attached hydrogen (secondary N) is 1. The Morgan fingerprint density at radius 3 is 2.47 bits per heavy atom. The number of hydrazone groups is 1. The lowest BCUT2D eigenvalue weighted by Crippen LogP contribution is -2.63. The molecular formula is C11H21N4+. The van der Waals surface area contributed by atoms with Crippen molar-refractivity contribution in [1.82, 2.24) is 0 Å². The standard InChI is InChI=1S/C11H20N4/c1-9(2)5-4-6-10(3)7-8-14-15-11(12)13/h5,7-8H,4,6H2,1-3H3,(H4,12,13,15)/p+1. The van der Waals surface area contributed by atoms with Gasteiger partial charge >= 0.3 is 0 Å². The Labute approximate surface area is 91.5 Å². The highest BCUT2D eigenvalue weighted by molar-refractivity contribution is 5.75. The van der Waals surface area contributed by atoms with E-state index in [0.29, 0.717) is 0 Å². The molecule has 4 nitrogen and oxygen atoms in total. The van der Waals surface area contributed by atoms with Crippen LogP contribution in [0.15, 0.2) is 28.4 Å². The van der Waals surface area contributed by atoms with Gasteiger partial charge in [-0.15, -0.1) is 5.10 Å². The number of hydrogen-bond donors (Lipinski definition) is 3. The van der Waals surface area contributed by atoms with Gasteiger partial charge in [0.25, 0.3) is 5.96 Å². The van der Waals surface area contributed by atoms with Gasteiger partial charge in [-0.1, -0.05) is 17.2 Å². The fraction of sp³-hybridized carbons (Fsp3) is 0.455. The molecule has 0 bridgehead atoms. The molecule has 0 rings (SSSR count). The van der Waals surface area contributed by atoms with E-state index in [0.717, 1.165) is 12.8 Å². The molecule has 0 unspecified atom stereocenters. The molecule has 0 amide bonds. The van der Waals surface area contributed by atoms with Gasteiger partial charge in [-0.05, 0) is 33.6 Å². The maximum Gasteiger partial charge on any atom is 0.256 e. The summed E-state index contributed by atoms with van der Waals surface area (Å²) in [6.07, 6.45) is 8.02. The molecule has 0 aliphatic heterocycles. The summed E-state index contributed by atoms with van der Waals surface area (Å²) in [6, 6.07) is 0. The minimum Gasteiger partial charge on any atom is -0.365 e. The second-order valence-electron chi connectivity index (χ2n) is 3.67. The summed E-state index contributed by atoms with van der Waals surface area (Å²) >= 11 is 0. The fourth-order valence-corrected chi connectivity index (χ4v) is 0.963. The van der Waals surface area contributed by atoms with Crippen molar-refractivity contribution >= 4 is 12.2 Å². The summed E-state index contributed by atoms with van der Waals surface area (Å²) in [5, 5.41) is 6.25. The Kier molecular flexibility index (Phi) is 6.97. The molecule has 0 aliphatic rings. The predicted octanol–water partition coefficient (Wildman–Crippen LogP) is 0.0189. The van der Waals surface area contributed by atoms with E-state index in [1.54, 1.807) is 6.21 Å². The molecule has 4 heteroatoms. The van der Waals surface area contributed by atoms with Crippen LogP contribution in [0.4, 0.5) is 0 Å². The minimum atomic E-state index is 0.0295. The first-order valence-corrected chi connectivity index (χ1v) is 4.99. The van der Waals surface area contributed by atoms with Gasteiger partial charge in [-0.3, -0.25) is 0 Å². The van der Waals surface area contributed by atoms with Crippen LogP contribution in [0.3, 0.4) is 0 Å². The molecule has 0 fully saturated rings. The van der Waals surface area contributed by atoms with Crippen molar-refractivity contribution in [2.45, 2.75) is 33.6 Å². The SMILES string of the molecule is CC(C)=CCCC(C)=CC=[NH+]N=C(N)N. The third-order valence-corrected chi connectivity index (χ3v) is 1.73. The van der Waals surface area contributed by atoms with E-state index in [4.69, 9.17) is 11.5 Å². The van der Waals surface area contributed by atoms with Crippen molar-refractivity contribution < 1.29 is 5.10 Å². The zero-order chi connectivity index (χ0) is 11.7. The molecule has 15 heavy (non-hydrogen) atoms. The van der Waals surface area contributed by atoms with Crippen LogP contribution < -0.4 is 16.6 Å². The van der Waals surface area contributed by atoms with Crippen LogP contribution in [0.1, 0.15) is 33.6 Å². The minimum absolute atomic E-state index is 0.0295. The highest BCUT2D eigenvalue weighted by Crippen LogP contribution is 2.04. The Morgan fingerprint density at radius 1 is 1.27 bits per heavy atom. The number of guanidine groups is 1. The smallest absolute Gasteiger partial charge is 0.256 e. The van der Waals surface area contributed by atoms with Crippen LogP contribution in [0.25, 0.3) is 0 Å². The normalized spacial score (nSPS) is 11.5. The van der Waals surface area contributed by atoms with E-state index in [1.807, 2.05) is 6.08 Å². The molecule has 0 aromatic carbocycles. The summed E-state index contributed by atoms with van der Waals surface area (Å²) in [7, 11) is 0. The van der Waals surface area contributed by atoms with Gasteiger partial charge in [0.15, 0.2) is 6.21 Å². The number of allylic oxidation sites excluding steroid dienone is 4. The van der Waals surface area contributed by atoms with Gasteiger partial charge < -0.3 is 11.5 Å². The number of hydrogen-bond acceptors (Lipinski definition) is 1. The summed E-state index contributed by atoms with van der Waals surface area (Å²) in [5.41, 5.74) is 12.9. The average Bonchev–Trinajstić information content (AvgIpc) is 2.11. The van der Waals surface area contributed by atoms with Crippen LogP contribution >= 0.6 is 0 Å². The molecule has 0 saturated heterocycles. The molecule has 0 aromatic rings. The van der Waals surface area contributed by atoms with Gasteiger partial charge in [0, 0.05) is 11.2 Å². The van der Waals surface area contributed by atoms with E-state index >= 15 is 0 Å². The van der Waals surface area contributed by atoms with Crippen LogP contribution in [-0.4, -0.2) is 12.2 Å². The van der Waals surface area contributed by atoms with Crippen molar-refractivity contribution in [2.24, 2.45) is 16.6 Å². The summed E-state index contributed by atoms with van der Waals surface area (Å²) in [6.45, 7) is 6.28. The summed E-state index contributed by atoms with van der Waals surface area (Å²) in [5.74, 6) is 0.0295. The van der Waals surface area contributed by atoms with Crippen LogP contribution in [-0.2, 0) is 0 Å². The number of nitrogens with zero attached hydrogens (tertiary/aromatic N) is 1. The fourth-order valence-electron chi connectivity index (χ4n) is 0.963. The largest absolute Gasteiger partial charge is 0.365 e. The highest BCUT2D eigenvalue weighted by atomic mass is 15.3. The number of rotatable bonds is 5. The molecule has 0 heterocycles. The maximum atomic E-state index is 5.14. The first-order valence-electron chi connectivity index (χ1n) is 4.99. The molecule has 84 valence electrons. The molecule has 0 aromatic heterocycles. The lowest BCUT2D eigenvalue weighted by molar-refractivity contribution is -0.456. The molecule has 5 N–H and O–H groups in total. The zero-order valence-corrected chi connectivity index (χ0v) is 9.75. The first-order chi connectivity index (χ1) is 7.02. The number of nitrogens with two attached hydrogens (primary N) is 2. The Balaban J connectivity index is 3.94.